The van der Waals surface area contributed by atoms with Crippen LogP contribution in [0.4, 0.5) is 8.78 Å². The third-order valence-electron chi connectivity index (χ3n) is 4.11. The van der Waals surface area contributed by atoms with E-state index >= 15 is 0 Å². The lowest BCUT2D eigenvalue weighted by atomic mass is 10.0. The standard InChI is InChI=1S/C20H22F2N2O2/c1-12-8-6-9-14(13(12)2)18(25)23-24(20(3,4)5)19(26)17-15(21)10-7-11-16(17)22/h6-11H,1-5H3,(H,23,25). The average Bonchev–Trinajstić information content (AvgIpc) is 2.53. The number of hydrogen-bond donors (Lipinski definition) is 1. The maximum Gasteiger partial charge on any atom is 0.278 e. The molecule has 6 heteroatoms. The van der Waals surface area contributed by atoms with E-state index in [1.54, 1.807) is 39.8 Å². The van der Waals surface area contributed by atoms with E-state index in [4.69, 9.17) is 0 Å². The molecule has 0 saturated carbocycles. The number of aryl methyl sites for hydroxylation is 1. The van der Waals surface area contributed by atoms with Crippen molar-refractivity contribution in [2.45, 2.75) is 40.2 Å². The van der Waals surface area contributed by atoms with Crippen LogP contribution in [-0.2, 0) is 0 Å². The Morgan fingerprint density at radius 3 is 2.04 bits per heavy atom. The summed E-state index contributed by atoms with van der Waals surface area (Å²) in [5.41, 5.74) is 2.98. The molecule has 2 amide bonds. The van der Waals surface area contributed by atoms with Gasteiger partial charge >= 0.3 is 0 Å². The number of nitrogens with one attached hydrogen (secondary N) is 1. The van der Waals surface area contributed by atoms with Crippen LogP contribution in [-0.4, -0.2) is 22.4 Å². The van der Waals surface area contributed by atoms with Gasteiger partial charge in [-0.1, -0.05) is 18.2 Å². The molecule has 0 heterocycles. The van der Waals surface area contributed by atoms with Crippen molar-refractivity contribution in [3.8, 4) is 0 Å². The molecule has 0 spiro atoms. The molecule has 26 heavy (non-hydrogen) atoms. The molecule has 0 radical (unpaired) electrons. The van der Waals surface area contributed by atoms with Gasteiger partial charge in [-0.2, -0.15) is 0 Å². The van der Waals surface area contributed by atoms with E-state index in [1.807, 2.05) is 13.0 Å². The van der Waals surface area contributed by atoms with Crippen LogP contribution in [0.2, 0.25) is 0 Å². The van der Waals surface area contributed by atoms with Crippen LogP contribution in [0.25, 0.3) is 0 Å². The van der Waals surface area contributed by atoms with Crippen molar-refractivity contribution in [3.05, 3.63) is 70.3 Å². The minimum absolute atomic E-state index is 0.390. The van der Waals surface area contributed by atoms with Gasteiger partial charge in [-0.3, -0.25) is 15.0 Å². The van der Waals surface area contributed by atoms with Crippen LogP contribution in [0.1, 0.15) is 52.6 Å². The molecule has 0 aliphatic heterocycles. The molecule has 0 aliphatic rings. The Bertz CT molecular complexity index is 837. The predicted molar refractivity (Wildman–Crippen MR) is 95.7 cm³/mol. The molecule has 4 nitrogen and oxygen atoms in total. The molecule has 0 saturated heterocycles. The van der Waals surface area contributed by atoms with Crippen LogP contribution in [0.5, 0.6) is 0 Å². The first kappa shape index (κ1) is 19.6. The van der Waals surface area contributed by atoms with Crippen molar-refractivity contribution >= 4 is 11.8 Å². The Morgan fingerprint density at radius 1 is 0.962 bits per heavy atom. The Kier molecular flexibility index (Phi) is 5.44. The highest BCUT2D eigenvalue weighted by atomic mass is 19.1. The van der Waals surface area contributed by atoms with Crippen molar-refractivity contribution in [1.29, 1.82) is 0 Å². The molecule has 1 N–H and O–H groups in total. The predicted octanol–water partition coefficient (Wildman–Crippen LogP) is 4.17. The van der Waals surface area contributed by atoms with Crippen molar-refractivity contribution in [2.75, 3.05) is 0 Å². The third kappa shape index (κ3) is 3.90. The largest absolute Gasteiger partial charge is 0.278 e. The minimum Gasteiger partial charge on any atom is -0.267 e. The summed E-state index contributed by atoms with van der Waals surface area (Å²) in [4.78, 5) is 25.5. The van der Waals surface area contributed by atoms with Crippen LogP contribution < -0.4 is 5.43 Å². The summed E-state index contributed by atoms with van der Waals surface area (Å²) < 4.78 is 28.1. The Morgan fingerprint density at radius 2 is 1.50 bits per heavy atom. The lowest BCUT2D eigenvalue weighted by molar-refractivity contribution is 0.0350. The van der Waals surface area contributed by atoms with Gasteiger partial charge in [-0.05, 0) is 63.9 Å². The lowest BCUT2D eigenvalue weighted by Gasteiger charge is -2.35. The molecule has 2 aromatic rings. The summed E-state index contributed by atoms with van der Waals surface area (Å²) in [6.07, 6.45) is 0. The summed E-state index contributed by atoms with van der Waals surface area (Å²) in [5.74, 6) is -3.44. The number of hydrazine groups is 1. The number of benzene rings is 2. The van der Waals surface area contributed by atoms with Gasteiger partial charge in [-0.15, -0.1) is 0 Å². The Labute approximate surface area is 151 Å². The number of rotatable bonds is 2. The quantitative estimate of drug-likeness (QED) is 0.818. The summed E-state index contributed by atoms with van der Waals surface area (Å²) in [6.45, 7) is 8.64. The van der Waals surface area contributed by atoms with Crippen LogP contribution in [0.3, 0.4) is 0 Å². The number of carbonyl (C=O) groups is 2. The number of carbonyl (C=O) groups excluding carboxylic acids is 2. The van der Waals surface area contributed by atoms with Gasteiger partial charge in [0.2, 0.25) is 0 Å². The second kappa shape index (κ2) is 7.23. The normalized spacial score (nSPS) is 11.2. The SMILES string of the molecule is Cc1cccc(C(=O)NN(C(=O)c2c(F)cccc2F)C(C)(C)C)c1C. The fourth-order valence-corrected chi connectivity index (χ4v) is 2.50. The molecule has 2 rings (SSSR count). The molecular weight excluding hydrogens is 338 g/mol. The van der Waals surface area contributed by atoms with Crippen molar-refractivity contribution in [2.24, 2.45) is 0 Å². The zero-order valence-corrected chi connectivity index (χ0v) is 15.5. The zero-order valence-electron chi connectivity index (χ0n) is 15.5. The van der Waals surface area contributed by atoms with E-state index < -0.39 is 34.6 Å². The molecule has 0 atom stereocenters. The summed E-state index contributed by atoms with van der Waals surface area (Å²) in [7, 11) is 0. The van der Waals surface area contributed by atoms with E-state index in [-0.39, 0.29) is 0 Å². The van der Waals surface area contributed by atoms with Gasteiger partial charge in [0.15, 0.2) is 0 Å². The van der Waals surface area contributed by atoms with Gasteiger partial charge < -0.3 is 0 Å². The fourth-order valence-electron chi connectivity index (χ4n) is 2.50. The second-order valence-corrected chi connectivity index (χ2v) is 7.10. The van der Waals surface area contributed by atoms with Gasteiger partial charge in [0.25, 0.3) is 11.8 Å². The number of amides is 2. The molecule has 0 unspecified atom stereocenters. The van der Waals surface area contributed by atoms with Crippen LogP contribution in [0.15, 0.2) is 36.4 Å². The first-order valence-corrected chi connectivity index (χ1v) is 8.20. The van der Waals surface area contributed by atoms with E-state index in [2.05, 4.69) is 5.43 Å². The van der Waals surface area contributed by atoms with Crippen molar-refractivity contribution in [3.63, 3.8) is 0 Å². The Balaban J connectivity index is 2.42. The zero-order chi connectivity index (χ0) is 19.6. The van der Waals surface area contributed by atoms with Crippen LogP contribution in [0, 0.1) is 25.5 Å². The number of halogens is 2. The third-order valence-corrected chi connectivity index (χ3v) is 4.11. The molecule has 138 valence electrons. The maximum atomic E-state index is 14.0. The van der Waals surface area contributed by atoms with Gasteiger partial charge in [0, 0.05) is 5.56 Å². The monoisotopic (exact) mass is 360 g/mol. The summed E-state index contributed by atoms with van der Waals surface area (Å²) in [6, 6.07) is 8.42. The van der Waals surface area contributed by atoms with Crippen molar-refractivity contribution < 1.29 is 18.4 Å². The minimum atomic E-state index is -0.981. The lowest BCUT2D eigenvalue weighted by Crippen LogP contribution is -2.56. The highest BCUT2D eigenvalue weighted by molar-refractivity contribution is 6.00. The highest BCUT2D eigenvalue weighted by Gasteiger charge is 2.33. The van der Waals surface area contributed by atoms with Crippen molar-refractivity contribution in [1.82, 2.24) is 10.4 Å². The fraction of sp³-hybridized carbons (Fsp3) is 0.300. The highest BCUT2D eigenvalue weighted by Crippen LogP contribution is 2.21. The summed E-state index contributed by atoms with van der Waals surface area (Å²) in [5, 5.41) is 0.957. The average molecular weight is 360 g/mol. The Hall–Kier alpha value is -2.76. The van der Waals surface area contributed by atoms with Crippen LogP contribution >= 0.6 is 0 Å². The van der Waals surface area contributed by atoms with Gasteiger partial charge in [0.1, 0.15) is 17.2 Å². The first-order chi connectivity index (χ1) is 12.0. The van der Waals surface area contributed by atoms with Gasteiger partial charge in [-0.25, -0.2) is 13.8 Å². The number of nitrogens with zero attached hydrogens (tertiary/aromatic N) is 1. The first-order valence-electron chi connectivity index (χ1n) is 8.20. The molecule has 2 aromatic carbocycles. The maximum absolute atomic E-state index is 14.0. The van der Waals surface area contributed by atoms with E-state index in [0.717, 1.165) is 28.3 Å². The summed E-state index contributed by atoms with van der Waals surface area (Å²) >= 11 is 0. The molecular formula is C20H22F2N2O2. The smallest absolute Gasteiger partial charge is 0.267 e. The van der Waals surface area contributed by atoms with E-state index in [0.29, 0.717) is 5.56 Å². The topological polar surface area (TPSA) is 49.4 Å². The van der Waals surface area contributed by atoms with E-state index in [1.165, 1.54) is 6.07 Å². The number of hydrogen-bond acceptors (Lipinski definition) is 2. The molecule has 0 aromatic heterocycles. The molecule has 0 bridgehead atoms. The second-order valence-electron chi connectivity index (χ2n) is 7.10. The van der Waals surface area contributed by atoms with Gasteiger partial charge in [0.05, 0.1) is 5.54 Å². The molecule has 0 aliphatic carbocycles. The molecule has 0 fully saturated rings. The van der Waals surface area contributed by atoms with E-state index in [9.17, 15) is 18.4 Å².